The minimum atomic E-state index is -3.34. The molecule has 0 bridgehead atoms. The van der Waals surface area contributed by atoms with Crippen LogP contribution < -0.4 is 5.32 Å². The SMILES string of the molecule is Cc1ccc(CNC(=O)[C@@H]2CCCCN2S(C)(=O)=O)cc1. The first-order valence-electron chi connectivity index (χ1n) is 7.18. The van der Waals surface area contributed by atoms with E-state index in [9.17, 15) is 13.2 Å². The minimum Gasteiger partial charge on any atom is -0.351 e. The summed E-state index contributed by atoms with van der Waals surface area (Å²) in [5.41, 5.74) is 2.18. The van der Waals surface area contributed by atoms with Crippen LogP contribution in [0.2, 0.25) is 0 Å². The minimum absolute atomic E-state index is 0.208. The van der Waals surface area contributed by atoms with Gasteiger partial charge in [0, 0.05) is 13.1 Å². The molecule has 21 heavy (non-hydrogen) atoms. The summed E-state index contributed by atoms with van der Waals surface area (Å²) in [6.07, 6.45) is 3.45. The molecule has 0 spiro atoms. The van der Waals surface area contributed by atoms with E-state index in [0.717, 1.165) is 18.4 Å². The number of aryl methyl sites for hydroxylation is 1. The van der Waals surface area contributed by atoms with Crippen LogP contribution in [0, 0.1) is 6.92 Å². The van der Waals surface area contributed by atoms with Crippen LogP contribution in [0.25, 0.3) is 0 Å². The summed E-state index contributed by atoms with van der Waals surface area (Å²) in [7, 11) is -3.34. The second kappa shape index (κ2) is 6.58. The Morgan fingerprint density at radius 2 is 1.95 bits per heavy atom. The highest BCUT2D eigenvalue weighted by Gasteiger charge is 2.34. The topological polar surface area (TPSA) is 66.5 Å². The maximum Gasteiger partial charge on any atom is 0.238 e. The number of carbonyl (C=O) groups is 1. The molecule has 6 heteroatoms. The molecule has 1 fully saturated rings. The van der Waals surface area contributed by atoms with Crippen LogP contribution in [0.5, 0.6) is 0 Å². The van der Waals surface area contributed by atoms with Crippen LogP contribution in [0.15, 0.2) is 24.3 Å². The van der Waals surface area contributed by atoms with Gasteiger partial charge < -0.3 is 5.32 Å². The number of benzene rings is 1. The van der Waals surface area contributed by atoms with Crippen molar-refractivity contribution in [2.45, 2.75) is 38.8 Å². The Morgan fingerprint density at radius 3 is 2.57 bits per heavy atom. The Labute approximate surface area is 126 Å². The summed E-state index contributed by atoms with van der Waals surface area (Å²) < 4.78 is 24.8. The monoisotopic (exact) mass is 310 g/mol. The molecule has 1 N–H and O–H groups in total. The van der Waals surface area contributed by atoms with Gasteiger partial charge in [0.05, 0.1) is 6.26 Å². The molecule has 1 saturated heterocycles. The molecule has 1 aliphatic heterocycles. The summed E-state index contributed by atoms with van der Waals surface area (Å²) in [5, 5.41) is 2.85. The third-order valence-corrected chi connectivity index (χ3v) is 5.06. The zero-order chi connectivity index (χ0) is 15.5. The summed E-state index contributed by atoms with van der Waals surface area (Å²) in [6.45, 7) is 2.86. The molecule has 0 aromatic heterocycles. The number of rotatable bonds is 4. The fourth-order valence-corrected chi connectivity index (χ4v) is 3.70. The number of nitrogens with one attached hydrogen (secondary N) is 1. The van der Waals surface area contributed by atoms with E-state index in [0.29, 0.717) is 19.5 Å². The predicted octanol–water partition coefficient (Wildman–Crippen LogP) is 1.43. The summed E-state index contributed by atoms with van der Waals surface area (Å²) in [4.78, 5) is 12.3. The Balaban J connectivity index is 1.99. The van der Waals surface area contributed by atoms with E-state index in [-0.39, 0.29) is 5.91 Å². The first-order valence-corrected chi connectivity index (χ1v) is 9.03. The molecule has 1 aliphatic rings. The lowest BCUT2D eigenvalue weighted by Gasteiger charge is -2.32. The van der Waals surface area contributed by atoms with E-state index >= 15 is 0 Å². The second-order valence-electron chi connectivity index (χ2n) is 5.59. The number of hydrogen-bond donors (Lipinski definition) is 1. The van der Waals surface area contributed by atoms with Gasteiger partial charge in [-0.15, -0.1) is 0 Å². The van der Waals surface area contributed by atoms with Gasteiger partial charge in [0.15, 0.2) is 0 Å². The lowest BCUT2D eigenvalue weighted by atomic mass is 10.0. The largest absolute Gasteiger partial charge is 0.351 e. The van der Waals surface area contributed by atoms with Crippen molar-refractivity contribution in [2.75, 3.05) is 12.8 Å². The van der Waals surface area contributed by atoms with Gasteiger partial charge in [-0.2, -0.15) is 4.31 Å². The van der Waals surface area contributed by atoms with Crippen molar-refractivity contribution in [3.63, 3.8) is 0 Å². The molecule has 1 heterocycles. The highest BCUT2D eigenvalue weighted by atomic mass is 32.2. The van der Waals surface area contributed by atoms with Gasteiger partial charge in [0.2, 0.25) is 15.9 Å². The molecule has 0 aliphatic carbocycles. The molecule has 0 saturated carbocycles. The molecule has 116 valence electrons. The standard InChI is InChI=1S/C15H22N2O3S/c1-12-6-8-13(9-7-12)11-16-15(18)14-5-3-4-10-17(14)21(2,19)20/h6-9,14H,3-5,10-11H2,1-2H3,(H,16,18)/t14-/m0/s1. The van der Waals surface area contributed by atoms with Gasteiger partial charge in [0.1, 0.15) is 6.04 Å². The number of carbonyl (C=O) groups excluding carboxylic acids is 1. The zero-order valence-corrected chi connectivity index (χ0v) is 13.3. The third-order valence-electron chi connectivity index (χ3n) is 3.77. The molecule has 0 radical (unpaired) electrons. The Hall–Kier alpha value is -1.40. The fraction of sp³-hybridized carbons (Fsp3) is 0.533. The quantitative estimate of drug-likeness (QED) is 0.915. The van der Waals surface area contributed by atoms with Crippen molar-refractivity contribution in [3.05, 3.63) is 35.4 Å². The van der Waals surface area contributed by atoms with Crippen molar-refractivity contribution in [1.29, 1.82) is 0 Å². The highest BCUT2D eigenvalue weighted by Crippen LogP contribution is 2.20. The Bertz CT molecular complexity index is 596. The summed E-state index contributed by atoms with van der Waals surface area (Å²) in [5.74, 6) is -0.208. The van der Waals surface area contributed by atoms with Gasteiger partial charge >= 0.3 is 0 Å². The maximum atomic E-state index is 12.3. The first kappa shape index (κ1) is 16.0. The van der Waals surface area contributed by atoms with Crippen LogP contribution in [-0.2, 0) is 21.4 Å². The van der Waals surface area contributed by atoms with Gasteiger partial charge in [-0.05, 0) is 25.3 Å². The molecule has 1 aromatic carbocycles. The molecule has 1 atom stereocenters. The molecule has 1 aromatic rings. The van der Waals surface area contributed by atoms with Gasteiger partial charge in [-0.1, -0.05) is 36.2 Å². The highest BCUT2D eigenvalue weighted by molar-refractivity contribution is 7.88. The number of piperidine rings is 1. The molecular formula is C15H22N2O3S. The van der Waals surface area contributed by atoms with Crippen molar-refractivity contribution in [1.82, 2.24) is 9.62 Å². The normalized spacial score (nSPS) is 20.2. The molecule has 2 rings (SSSR count). The maximum absolute atomic E-state index is 12.3. The van der Waals surface area contributed by atoms with Crippen molar-refractivity contribution in [2.24, 2.45) is 0 Å². The number of sulfonamides is 1. The second-order valence-corrected chi connectivity index (χ2v) is 7.52. The van der Waals surface area contributed by atoms with Crippen LogP contribution in [0.1, 0.15) is 30.4 Å². The number of amides is 1. The molecule has 0 unspecified atom stereocenters. The smallest absolute Gasteiger partial charge is 0.238 e. The lowest BCUT2D eigenvalue weighted by Crippen LogP contribution is -2.51. The van der Waals surface area contributed by atoms with E-state index in [1.54, 1.807) is 0 Å². The van der Waals surface area contributed by atoms with Crippen LogP contribution in [0.4, 0.5) is 0 Å². The van der Waals surface area contributed by atoms with Crippen LogP contribution in [0.3, 0.4) is 0 Å². The molecule has 1 amide bonds. The van der Waals surface area contributed by atoms with E-state index in [2.05, 4.69) is 5.32 Å². The summed E-state index contributed by atoms with van der Waals surface area (Å²) >= 11 is 0. The van der Waals surface area contributed by atoms with Gasteiger partial charge in [-0.25, -0.2) is 8.42 Å². The van der Waals surface area contributed by atoms with E-state index in [4.69, 9.17) is 0 Å². The average Bonchev–Trinajstić information content (AvgIpc) is 2.45. The number of hydrogen-bond acceptors (Lipinski definition) is 3. The van der Waals surface area contributed by atoms with Crippen LogP contribution >= 0.6 is 0 Å². The van der Waals surface area contributed by atoms with E-state index in [1.807, 2.05) is 31.2 Å². The van der Waals surface area contributed by atoms with E-state index < -0.39 is 16.1 Å². The average molecular weight is 310 g/mol. The van der Waals surface area contributed by atoms with Gasteiger partial charge in [-0.3, -0.25) is 4.79 Å². The Morgan fingerprint density at radius 1 is 1.29 bits per heavy atom. The lowest BCUT2D eigenvalue weighted by molar-refractivity contribution is -0.125. The number of nitrogens with zero attached hydrogens (tertiary/aromatic N) is 1. The zero-order valence-electron chi connectivity index (χ0n) is 12.5. The Kier molecular flexibility index (Phi) is 5.00. The van der Waals surface area contributed by atoms with Crippen molar-refractivity contribution in [3.8, 4) is 0 Å². The van der Waals surface area contributed by atoms with Crippen molar-refractivity contribution >= 4 is 15.9 Å². The third kappa shape index (κ3) is 4.28. The summed E-state index contributed by atoms with van der Waals surface area (Å²) in [6, 6.07) is 7.34. The molecular weight excluding hydrogens is 288 g/mol. The van der Waals surface area contributed by atoms with Crippen LogP contribution in [-0.4, -0.2) is 37.5 Å². The predicted molar refractivity (Wildman–Crippen MR) is 82.2 cm³/mol. The van der Waals surface area contributed by atoms with E-state index in [1.165, 1.54) is 16.1 Å². The molecule has 5 nitrogen and oxygen atoms in total. The van der Waals surface area contributed by atoms with Crippen molar-refractivity contribution < 1.29 is 13.2 Å². The first-order chi connectivity index (χ1) is 9.88. The van der Waals surface area contributed by atoms with Gasteiger partial charge in [0.25, 0.3) is 0 Å². The fourth-order valence-electron chi connectivity index (χ4n) is 2.58.